The van der Waals surface area contributed by atoms with Gasteiger partial charge in [-0.3, -0.25) is 4.79 Å². The van der Waals surface area contributed by atoms with Gasteiger partial charge in [0.2, 0.25) is 0 Å². The molecule has 5 nitrogen and oxygen atoms in total. The second-order valence-corrected chi connectivity index (χ2v) is 4.11. The molecule has 0 aliphatic carbocycles. The van der Waals surface area contributed by atoms with Crippen LogP contribution in [0.3, 0.4) is 0 Å². The lowest BCUT2D eigenvalue weighted by Crippen LogP contribution is -2.44. The van der Waals surface area contributed by atoms with Gasteiger partial charge in [-0.2, -0.15) is 0 Å². The normalized spacial score (nSPS) is 20.1. The van der Waals surface area contributed by atoms with E-state index in [0.29, 0.717) is 31.1 Å². The van der Waals surface area contributed by atoms with Gasteiger partial charge in [0.1, 0.15) is 5.82 Å². The van der Waals surface area contributed by atoms with Gasteiger partial charge in [0.05, 0.1) is 12.7 Å². The van der Waals surface area contributed by atoms with Crippen LogP contribution in [0.1, 0.15) is 17.3 Å². The summed E-state index contributed by atoms with van der Waals surface area (Å²) in [5, 5.41) is 2.93. The van der Waals surface area contributed by atoms with Crippen molar-refractivity contribution in [3.8, 4) is 0 Å². The molecule has 1 aromatic rings. The van der Waals surface area contributed by atoms with Gasteiger partial charge in [0.25, 0.3) is 5.91 Å². The molecule has 5 heteroatoms. The fraction of sp³-hybridized carbons (Fsp3) is 0.500. The van der Waals surface area contributed by atoms with Crippen molar-refractivity contribution in [1.82, 2.24) is 9.88 Å². The van der Waals surface area contributed by atoms with Crippen molar-refractivity contribution in [2.45, 2.75) is 13.0 Å². The molecule has 2 rings (SSSR count). The van der Waals surface area contributed by atoms with E-state index in [4.69, 9.17) is 4.74 Å². The smallest absolute Gasteiger partial charge is 0.254 e. The molecule has 1 fully saturated rings. The highest BCUT2D eigenvalue weighted by atomic mass is 16.5. The van der Waals surface area contributed by atoms with Gasteiger partial charge in [0.15, 0.2) is 0 Å². The Morgan fingerprint density at radius 2 is 2.47 bits per heavy atom. The standard InChI is InChI=1S/C12H17N3O2/c1-9-8-15(5-6-17-9)12(16)10-3-4-14-11(7-10)13-2/h3-4,7,9H,5-6,8H2,1-2H3,(H,13,14). The first-order chi connectivity index (χ1) is 8.20. The largest absolute Gasteiger partial charge is 0.375 e. The molecule has 1 atom stereocenters. The van der Waals surface area contributed by atoms with Crippen LogP contribution in [0, 0.1) is 0 Å². The topological polar surface area (TPSA) is 54.5 Å². The highest BCUT2D eigenvalue weighted by molar-refractivity contribution is 5.94. The molecular weight excluding hydrogens is 218 g/mol. The van der Waals surface area contributed by atoms with Crippen LogP contribution in [0.5, 0.6) is 0 Å². The van der Waals surface area contributed by atoms with Gasteiger partial charge >= 0.3 is 0 Å². The van der Waals surface area contributed by atoms with E-state index in [2.05, 4.69) is 10.3 Å². The van der Waals surface area contributed by atoms with Crippen LogP contribution < -0.4 is 5.32 Å². The Bertz CT molecular complexity index is 408. The minimum absolute atomic E-state index is 0.0408. The zero-order valence-corrected chi connectivity index (χ0v) is 10.1. The summed E-state index contributed by atoms with van der Waals surface area (Å²) in [6, 6.07) is 3.51. The van der Waals surface area contributed by atoms with E-state index in [1.54, 1.807) is 25.4 Å². The molecule has 0 saturated carbocycles. The molecule has 1 aromatic heterocycles. The molecule has 2 heterocycles. The van der Waals surface area contributed by atoms with Crippen molar-refractivity contribution >= 4 is 11.7 Å². The van der Waals surface area contributed by atoms with E-state index in [0.717, 1.165) is 0 Å². The average Bonchev–Trinajstić information content (AvgIpc) is 2.38. The van der Waals surface area contributed by atoms with Gasteiger partial charge in [-0.25, -0.2) is 4.98 Å². The molecule has 1 aliphatic rings. The number of anilines is 1. The molecule has 1 aliphatic heterocycles. The van der Waals surface area contributed by atoms with Gasteiger partial charge in [0, 0.05) is 31.9 Å². The maximum Gasteiger partial charge on any atom is 0.254 e. The van der Waals surface area contributed by atoms with Crippen molar-refractivity contribution in [2.75, 3.05) is 32.1 Å². The highest BCUT2D eigenvalue weighted by Crippen LogP contribution is 2.12. The average molecular weight is 235 g/mol. The minimum atomic E-state index is 0.0408. The van der Waals surface area contributed by atoms with Crippen LogP contribution in [0.15, 0.2) is 18.3 Å². The van der Waals surface area contributed by atoms with Crippen LogP contribution in [-0.2, 0) is 4.74 Å². The lowest BCUT2D eigenvalue weighted by Gasteiger charge is -2.31. The quantitative estimate of drug-likeness (QED) is 0.830. The third kappa shape index (κ3) is 2.74. The fourth-order valence-electron chi connectivity index (χ4n) is 1.89. The van der Waals surface area contributed by atoms with Gasteiger partial charge < -0.3 is 15.0 Å². The Morgan fingerprint density at radius 3 is 3.18 bits per heavy atom. The Balaban J connectivity index is 2.12. The first kappa shape index (κ1) is 11.9. The van der Waals surface area contributed by atoms with Crippen LogP contribution in [-0.4, -0.2) is 48.6 Å². The zero-order valence-electron chi connectivity index (χ0n) is 10.1. The van der Waals surface area contributed by atoms with Gasteiger partial charge in [-0.1, -0.05) is 0 Å². The zero-order chi connectivity index (χ0) is 12.3. The molecule has 1 N–H and O–H groups in total. The number of rotatable bonds is 2. The van der Waals surface area contributed by atoms with Crippen LogP contribution in [0.4, 0.5) is 5.82 Å². The lowest BCUT2D eigenvalue weighted by molar-refractivity contribution is -0.0124. The van der Waals surface area contributed by atoms with Gasteiger partial charge in [-0.05, 0) is 19.1 Å². The highest BCUT2D eigenvalue weighted by Gasteiger charge is 2.22. The first-order valence-electron chi connectivity index (χ1n) is 5.75. The summed E-state index contributed by atoms with van der Waals surface area (Å²) >= 11 is 0. The third-order valence-electron chi connectivity index (χ3n) is 2.79. The van der Waals surface area contributed by atoms with E-state index in [1.807, 2.05) is 11.8 Å². The number of nitrogens with zero attached hydrogens (tertiary/aromatic N) is 2. The molecule has 1 saturated heterocycles. The number of carbonyl (C=O) groups excluding carboxylic acids is 1. The van der Waals surface area contributed by atoms with Crippen molar-refractivity contribution in [3.63, 3.8) is 0 Å². The number of pyridine rings is 1. The summed E-state index contributed by atoms with van der Waals surface area (Å²) in [6.07, 6.45) is 1.75. The van der Waals surface area contributed by atoms with Crippen LogP contribution in [0.25, 0.3) is 0 Å². The Labute approximate surface area is 101 Å². The third-order valence-corrected chi connectivity index (χ3v) is 2.79. The Kier molecular flexibility index (Phi) is 3.58. The fourth-order valence-corrected chi connectivity index (χ4v) is 1.89. The van der Waals surface area contributed by atoms with Crippen molar-refractivity contribution in [2.24, 2.45) is 0 Å². The van der Waals surface area contributed by atoms with E-state index >= 15 is 0 Å². The summed E-state index contributed by atoms with van der Waals surface area (Å²) in [5.74, 6) is 0.746. The van der Waals surface area contributed by atoms with Crippen molar-refractivity contribution < 1.29 is 9.53 Å². The number of hydrogen-bond acceptors (Lipinski definition) is 4. The van der Waals surface area contributed by atoms with Crippen molar-refractivity contribution in [1.29, 1.82) is 0 Å². The summed E-state index contributed by atoms with van der Waals surface area (Å²) in [4.78, 5) is 18.1. The van der Waals surface area contributed by atoms with E-state index in [1.165, 1.54) is 0 Å². The lowest BCUT2D eigenvalue weighted by atomic mass is 10.2. The van der Waals surface area contributed by atoms with Crippen molar-refractivity contribution in [3.05, 3.63) is 23.9 Å². The minimum Gasteiger partial charge on any atom is -0.375 e. The number of ether oxygens (including phenoxy) is 1. The molecule has 17 heavy (non-hydrogen) atoms. The summed E-state index contributed by atoms with van der Waals surface area (Å²) in [7, 11) is 1.79. The maximum atomic E-state index is 12.2. The molecule has 0 radical (unpaired) electrons. The summed E-state index contributed by atoms with van der Waals surface area (Å²) in [6.45, 7) is 3.89. The first-order valence-corrected chi connectivity index (χ1v) is 5.75. The number of carbonyl (C=O) groups is 1. The Morgan fingerprint density at radius 1 is 1.65 bits per heavy atom. The molecule has 0 bridgehead atoms. The van der Waals surface area contributed by atoms with E-state index < -0.39 is 0 Å². The number of morpholine rings is 1. The predicted molar refractivity (Wildman–Crippen MR) is 65.1 cm³/mol. The molecule has 1 amide bonds. The summed E-state index contributed by atoms with van der Waals surface area (Å²) in [5.41, 5.74) is 0.665. The molecule has 0 spiro atoms. The number of hydrogen-bond donors (Lipinski definition) is 1. The second kappa shape index (κ2) is 5.14. The summed E-state index contributed by atoms with van der Waals surface area (Å²) < 4.78 is 5.42. The monoisotopic (exact) mass is 235 g/mol. The van der Waals surface area contributed by atoms with Crippen LogP contribution in [0.2, 0.25) is 0 Å². The molecular formula is C12H17N3O2. The van der Waals surface area contributed by atoms with Crippen LogP contribution >= 0.6 is 0 Å². The number of amides is 1. The van der Waals surface area contributed by atoms with Gasteiger partial charge in [-0.15, -0.1) is 0 Å². The number of nitrogens with one attached hydrogen (secondary N) is 1. The maximum absolute atomic E-state index is 12.2. The molecule has 1 unspecified atom stereocenters. The Hall–Kier alpha value is -1.62. The predicted octanol–water partition coefficient (Wildman–Crippen LogP) is 0.984. The number of aromatic nitrogens is 1. The second-order valence-electron chi connectivity index (χ2n) is 4.11. The van der Waals surface area contributed by atoms with E-state index in [-0.39, 0.29) is 12.0 Å². The molecule has 92 valence electrons. The van der Waals surface area contributed by atoms with E-state index in [9.17, 15) is 4.79 Å². The molecule has 0 aromatic carbocycles. The SMILES string of the molecule is CNc1cc(C(=O)N2CCOC(C)C2)ccn1.